The molecule has 0 amide bonds. The fraction of sp³-hybridized carbons (Fsp3) is 0.600. The van der Waals surface area contributed by atoms with Crippen LogP contribution in [0.15, 0.2) is 11.1 Å². The molecule has 102 valence electrons. The van der Waals surface area contributed by atoms with Gasteiger partial charge in [-0.15, -0.1) is 0 Å². The molecule has 0 aliphatic carbocycles. The third kappa shape index (κ3) is 2.54. The van der Waals surface area contributed by atoms with E-state index < -0.39 is 21.5 Å². The molecule has 0 fully saturated rings. The standard InChI is InChI=1S/C10H17N3O4S/c1-4-10(5-2,9(14)15)13-18(16,17)8-6-11-12-7(8)3/h6,13H,4-5H2,1-3H3,(H,11,12)(H,14,15). The average Bonchev–Trinajstić information content (AvgIpc) is 2.73. The summed E-state index contributed by atoms with van der Waals surface area (Å²) in [5.74, 6) is -1.18. The summed E-state index contributed by atoms with van der Waals surface area (Å²) in [5, 5.41) is 15.3. The number of nitrogens with zero attached hydrogens (tertiary/aromatic N) is 1. The number of hydrogen-bond donors (Lipinski definition) is 3. The Hall–Kier alpha value is -1.41. The third-order valence-corrected chi connectivity index (χ3v) is 4.67. The number of nitrogens with one attached hydrogen (secondary N) is 2. The van der Waals surface area contributed by atoms with Crippen LogP contribution in [-0.2, 0) is 14.8 Å². The van der Waals surface area contributed by atoms with Gasteiger partial charge in [0.1, 0.15) is 10.4 Å². The maximum absolute atomic E-state index is 12.1. The van der Waals surface area contributed by atoms with Crippen molar-refractivity contribution in [3.05, 3.63) is 11.9 Å². The van der Waals surface area contributed by atoms with Gasteiger partial charge in [0, 0.05) is 0 Å². The molecule has 0 spiro atoms. The van der Waals surface area contributed by atoms with Crippen LogP contribution in [0.2, 0.25) is 0 Å². The summed E-state index contributed by atoms with van der Waals surface area (Å²) in [6.07, 6.45) is 1.49. The van der Waals surface area contributed by atoms with Gasteiger partial charge in [0.25, 0.3) is 0 Å². The Morgan fingerprint density at radius 1 is 1.50 bits per heavy atom. The first-order chi connectivity index (χ1) is 8.29. The minimum Gasteiger partial charge on any atom is -0.480 e. The van der Waals surface area contributed by atoms with Crippen LogP contribution in [0.4, 0.5) is 0 Å². The van der Waals surface area contributed by atoms with Gasteiger partial charge in [0.15, 0.2) is 0 Å². The Bertz CT molecular complexity index is 531. The second-order valence-corrected chi connectivity index (χ2v) is 5.71. The molecule has 0 saturated heterocycles. The highest BCUT2D eigenvalue weighted by molar-refractivity contribution is 7.89. The molecule has 0 aromatic carbocycles. The molecule has 1 heterocycles. The fourth-order valence-corrected chi connectivity index (χ4v) is 3.30. The van der Waals surface area contributed by atoms with E-state index in [4.69, 9.17) is 0 Å². The summed E-state index contributed by atoms with van der Waals surface area (Å²) < 4.78 is 26.5. The minimum atomic E-state index is -3.90. The van der Waals surface area contributed by atoms with Crippen molar-refractivity contribution in [3.63, 3.8) is 0 Å². The summed E-state index contributed by atoms with van der Waals surface area (Å²) in [5.41, 5.74) is -1.11. The Morgan fingerprint density at radius 3 is 2.39 bits per heavy atom. The molecule has 1 aromatic rings. The van der Waals surface area contributed by atoms with Crippen molar-refractivity contribution in [2.75, 3.05) is 0 Å². The summed E-state index contributed by atoms with van der Waals surface area (Å²) in [6, 6.07) is 0. The summed E-state index contributed by atoms with van der Waals surface area (Å²) in [7, 11) is -3.90. The van der Waals surface area contributed by atoms with Gasteiger partial charge in [-0.25, -0.2) is 8.42 Å². The van der Waals surface area contributed by atoms with Crippen LogP contribution in [-0.4, -0.2) is 35.2 Å². The lowest BCUT2D eigenvalue weighted by molar-refractivity contribution is -0.144. The highest BCUT2D eigenvalue weighted by Gasteiger charge is 2.39. The summed E-state index contributed by atoms with van der Waals surface area (Å²) >= 11 is 0. The van der Waals surface area contributed by atoms with Crippen molar-refractivity contribution >= 4 is 16.0 Å². The predicted octanol–water partition coefficient (Wildman–Crippen LogP) is 0.640. The van der Waals surface area contributed by atoms with Crippen molar-refractivity contribution in [2.24, 2.45) is 0 Å². The monoisotopic (exact) mass is 275 g/mol. The highest BCUT2D eigenvalue weighted by Crippen LogP contribution is 2.20. The molecule has 18 heavy (non-hydrogen) atoms. The van der Waals surface area contributed by atoms with Gasteiger partial charge in [-0.2, -0.15) is 9.82 Å². The molecule has 0 aliphatic rings. The normalized spacial score (nSPS) is 12.6. The molecule has 1 rings (SSSR count). The molecule has 8 heteroatoms. The molecule has 0 radical (unpaired) electrons. The van der Waals surface area contributed by atoms with Gasteiger partial charge < -0.3 is 5.11 Å². The van der Waals surface area contributed by atoms with Crippen molar-refractivity contribution in [2.45, 2.75) is 44.0 Å². The molecule has 0 aliphatic heterocycles. The summed E-state index contributed by atoms with van der Waals surface area (Å²) in [4.78, 5) is 11.2. The second-order valence-electron chi connectivity index (χ2n) is 4.06. The van der Waals surface area contributed by atoms with Gasteiger partial charge in [-0.1, -0.05) is 13.8 Å². The maximum Gasteiger partial charge on any atom is 0.324 e. The molecule has 1 aromatic heterocycles. The van der Waals surface area contributed by atoms with E-state index in [1.165, 1.54) is 0 Å². The number of sulfonamides is 1. The molecular formula is C10H17N3O4S. The van der Waals surface area contributed by atoms with Gasteiger partial charge >= 0.3 is 5.97 Å². The lowest BCUT2D eigenvalue weighted by Gasteiger charge is -2.27. The maximum atomic E-state index is 12.1. The Balaban J connectivity index is 3.16. The van der Waals surface area contributed by atoms with E-state index in [-0.39, 0.29) is 17.7 Å². The largest absolute Gasteiger partial charge is 0.480 e. The van der Waals surface area contributed by atoms with Crippen LogP contribution >= 0.6 is 0 Å². The van der Waals surface area contributed by atoms with Gasteiger partial charge in [0.2, 0.25) is 10.0 Å². The zero-order valence-electron chi connectivity index (χ0n) is 10.5. The van der Waals surface area contributed by atoms with E-state index >= 15 is 0 Å². The number of hydrogen-bond acceptors (Lipinski definition) is 4. The van der Waals surface area contributed by atoms with Crippen molar-refractivity contribution in [3.8, 4) is 0 Å². The van der Waals surface area contributed by atoms with E-state index in [0.29, 0.717) is 5.69 Å². The molecule has 7 nitrogen and oxygen atoms in total. The van der Waals surface area contributed by atoms with Gasteiger partial charge in [-0.05, 0) is 19.8 Å². The number of aliphatic carboxylic acids is 1. The number of aromatic amines is 1. The van der Waals surface area contributed by atoms with Crippen LogP contribution in [0.5, 0.6) is 0 Å². The summed E-state index contributed by atoms with van der Waals surface area (Å²) in [6.45, 7) is 4.81. The number of aryl methyl sites for hydroxylation is 1. The van der Waals surface area contributed by atoms with Crippen LogP contribution in [0.25, 0.3) is 0 Å². The van der Waals surface area contributed by atoms with Gasteiger partial charge in [0.05, 0.1) is 11.9 Å². The fourth-order valence-electron chi connectivity index (χ4n) is 1.66. The molecule has 0 bridgehead atoms. The predicted molar refractivity (Wildman–Crippen MR) is 64.6 cm³/mol. The molecule has 0 saturated carbocycles. The van der Waals surface area contributed by atoms with Crippen molar-refractivity contribution < 1.29 is 18.3 Å². The minimum absolute atomic E-state index is 0.0324. The topological polar surface area (TPSA) is 112 Å². The molecular weight excluding hydrogens is 258 g/mol. The average molecular weight is 275 g/mol. The van der Waals surface area contributed by atoms with E-state index in [0.717, 1.165) is 6.20 Å². The Kier molecular flexibility index (Phi) is 4.12. The molecule has 3 N–H and O–H groups in total. The van der Waals surface area contributed by atoms with Crippen LogP contribution in [0, 0.1) is 6.92 Å². The Labute approximate surface area is 106 Å². The van der Waals surface area contributed by atoms with Crippen molar-refractivity contribution in [1.29, 1.82) is 0 Å². The number of carboxylic acids is 1. The first kappa shape index (κ1) is 14.7. The SMILES string of the molecule is CCC(CC)(NS(=O)(=O)c1cn[nH]c1C)C(=O)O. The number of aromatic nitrogens is 2. The lowest BCUT2D eigenvalue weighted by atomic mass is 9.95. The lowest BCUT2D eigenvalue weighted by Crippen LogP contribution is -2.53. The first-order valence-corrected chi connectivity index (χ1v) is 7.04. The van der Waals surface area contributed by atoms with Crippen LogP contribution in [0.1, 0.15) is 32.4 Å². The zero-order chi connectivity index (χ0) is 14.0. The highest BCUT2D eigenvalue weighted by atomic mass is 32.2. The Morgan fingerprint density at radius 2 is 2.06 bits per heavy atom. The van der Waals surface area contributed by atoms with Gasteiger partial charge in [-0.3, -0.25) is 9.89 Å². The second kappa shape index (κ2) is 5.07. The van der Waals surface area contributed by atoms with Crippen LogP contribution in [0.3, 0.4) is 0 Å². The van der Waals surface area contributed by atoms with Crippen molar-refractivity contribution in [1.82, 2.24) is 14.9 Å². The number of rotatable bonds is 6. The number of carboxylic acid groups (broad SMARTS) is 1. The third-order valence-electron chi connectivity index (χ3n) is 3.02. The smallest absolute Gasteiger partial charge is 0.324 e. The zero-order valence-corrected chi connectivity index (χ0v) is 11.3. The number of H-pyrrole nitrogens is 1. The van der Waals surface area contributed by atoms with E-state index in [1.807, 2.05) is 0 Å². The van der Waals surface area contributed by atoms with E-state index in [9.17, 15) is 18.3 Å². The first-order valence-electron chi connectivity index (χ1n) is 5.56. The van der Waals surface area contributed by atoms with E-state index in [2.05, 4.69) is 14.9 Å². The quantitative estimate of drug-likeness (QED) is 0.705. The van der Waals surface area contributed by atoms with E-state index in [1.54, 1.807) is 20.8 Å². The molecule has 0 unspecified atom stereocenters. The molecule has 0 atom stereocenters. The van der Waals surface area contributed by atoms with Crippen LogP contribution < -0.4 is 4.72 Å². The number of carbonyl (C=O) groups is 1.